The van der Waals surface area contributed by atoms with Gasteiger partial charge in [0.1, 0.15) is 5.84 Å². The number of rotatable bonds is 3. The Labute approximate surface area is 101 Å². The fourth-order valence-electron chi connectivity index (χ4n) is 1.96. The second kappa shape index (κ2) is 4.67. The molecular weight excluding hydrogens is 214 g/mol. The number of likely N-dealkylation sites (N-methyl/N-ethyl adjacent to an activating group) is 1. The van der Waals surface area contributed by atoms with Crippen LogP contribution in [-0.4, -0.2) is 42.7 Å². The number of nitrogens with zero attached hydrogens (tertiary/aromatic N) is 2. The quantitative estimate of drug-likeness (QED) is 0.787. The smallest absolute Gasteiger partial charge is 0.179 e. The third-order valence-corrected chi connectivity index (χ3v) is 2.91. The van der Waals surface area contributed by atoms with Crippen molar-refractivity contribution in [3.63, 3.8) is 0 Å². The van der Waals surface area contributed by atoms with Crippen molar-refractivity contribution in [1.82, 2.24) is 4.90 Å². The van der Waals surface area contributed by atoms with Crippen LogP contribution >= 0.6 is 0 Å². The number of Topliss-reactive ketones (excluding diaryl/α,β-unsaturated/α-hetero) is 1. The first-order valence-electron chi connectivity index (χ1n) is 5.76. The van der Waals surface area contributed by atoms with E-state index >= 15 is 0 Å². The fourth-order valence-corrected chi connectivity index (χ4v) is 1.96. The van der Waals surface area contributed by atoms with Crippen LogP contribution < -0.4 is 5.73 Å². The molecule has 0 fully saturated rings. The van der Waals surface area contributed by atoms with Gasteiger partial charge in [0.15, 0.2) is 5.78 Å². The average Bonchev–Trinajstić information content (AvgIpc) is 2.74. The normalized spacial score (nSPS) is 16.9. The van der Waals surface area contributed by atoms with Crippen LogP contribution in [0.1, 0.15) is 22.8 Å². The van der Waals surface area contributed by atoms with E-state index in [4.69, 9.17) is 5.73 Å². The zero-order chi connectivity index (χ0) is 12.4. The summed E-state index contributed by atoms with van der Waals surface area (Å²) in [6, 6.07) is 7.03. The molecule has 2 N–H and O–H groups in total. The first kappa shape index (κ1) is 11.8. The van der Waals surface area contributed by atoms with Gasteiger partial charge in [0, 0.05) is 24.7 Å². The van der Waals surface area contributed by atoms with E-state index in [0.29, 0.717) is 5.56 Å². The first-order valence-corrected chi connectivity index (χ1v) is 5.76. The van der Waals surface area contributed by atoms with Crippen molar-refractivity contribution in [2.75, 3.05) is 20.1 Å². The van der Waals surface area contributed by atoms with E-state index in [2.05, 4.69) is 9.89 Å². The topological polar surface area (TPSA) is 58.7 Å². The van der Waals surface area contributed by atoms with Crippen molar-refractivity contribution in [2.24, 2.45) is 10.7 Å². The van der Waals surface area contributed by atoms with E-state index in [-0.39, 0.29) is 5.78 Å². The van der Waals surface area contributed by atoms with Crippen LogP contribution in [0.2, 0.25) is 0 Å². The van der Waals surface area contributed by atoms with Gasteiger partial charge in [0.05, 0.1) is 12.6 Å². The highest BCUT2D eigenvalue weighted by Gasteiger charge is 2.21. The summed E-state index contributed by atoms with van der Waals surface area (Å²) >= 11 is 0. The summed E-state index contributed by atoms with van der Waals surface area (Å²) < 4.78 is 0. The summed E-state index contributed by atoms with van der Waals surface area (Å²) in [5.74, 6) is 0.846. The van der Waals surface area contributed by atoms with Crippen molar-refractivity contribution in [3.05, 3.63) is 35.4 Å². The number of aliphatic imine (C=N–C) groups is 1. The van der Waals surface area contributed by atoms with Gasteiger partial charge in [-0.15, -0.1) is 0 Å². The van der Waals surface area contributed by atoms with E-state index in [9.17, 15) is 4.79 Å². The van der Waals surface area contributed by atoms with Crippen molar-refractivity contribution < 1.29 is 4.79 Å². The van der Waals surface area contributed by atoms with Crippen LogP contribution in [0.5, 0.6) is 0 Å². The van der Waals surface area contributed by atoms with Gasteiger partial charge in [0.2, 0.25) is 0 Å². The average molecular weight is 231 g/mol. The SMILES string of the molecule is CC(N)C(=O)c1ccccc1C1=NCCN1C. The first-order chi connectivity index (χ1) is 8.11. The predicted molar refractivity (Wildman–Crippen MR) is 68.5 cm³/mol. The van der Waals surface area contributed by atoms with Gasteiger partial charge in [-0.2, -0.15) is 0 Å². The lowest BCUT2D eigenvalue weighted by molar-refractivity contribution is 0.0967. The highest BCUT2D eigenvalue weighted by Crippen LogP contribution is 2.16. The molecule has 1 aliphatic heterocycles. The Morgan fingerprint density at radius 2 is 2.18 bits per heavy atom. The Hall–Kier alpha value is -1.68. The predicted octanol–water partition coefficient (Wildman–Crippen LogP) is 0.908. The Morgan fingerprint density at radius 1 is 1.47 bits per heavy atom. The molecule has 0 amide bonds. The molecular formula is C13H17N3O. The van der Waals surface area contributed by atoms with Crippen molar-refractivity contribution in [2.45, 2.75) is 13.0 Å². The van der Waals surface area contributed by atoms with E-state index in [1.165, 1.54) is 0 Å². The molecule has 0 aromatic heterocycles. The molecule has 0 spiro atoms. The number of carbonyl (C=O) groups excluding carboxylic acids is 1. The lowest BCUT2D eigenvalue weighted by atomic mass is 9.99. The maximum atomic E-state index is 12.0. The fraction of sp³-hybridized carbons (Fsp3) is 0.385. The summed E-state index contributed by atoms with van der Waals surface area (Å²) in [4.78, 5) is 18.5. The Bertz CT molecular complexity index is 465. The lowest BCUT2D eigenvalue weighted by Gasteiger charge is -2.17. The maximum absolute atomic E-state index is 12.0. The molecule has 17 heavy (non-hydrogen) atoms. The molecule has 0 aliphatic carbocycles. The lowest BCUT2D eigenvalue weighted by Crippen LogP contribution is -2.30. The van der Waals surface area contributed by atoms with Gasteiger partial charge in [-0.25, -0.2) is 0 Å². The van der Waals surface area contributed by atoms with Crippen LogP contribution in [0.25, 0.3) is 0 Å². The van der Waals surface area contributed by atoms with Gasteiger partial charge in [0.25, 0.3) is 0 Å². The minimum atomic E-state index is -0.483. The molecule has 4 heteroatoms. The number of hydrogen-bond donors (Lipinski definition) is 1. The molecule has 90 valence electrons. The van der Waals surface area contributed by atoms with E-state index in [0.717, 1.165) is 24.5 Å². The number of carbonyl (C=O) groups is 1. The monoisotopic (exact) mass is 231 g/mol. The van der Waals surface area contributed by atoms with Crippen LogP contribution in [0.15, 0.2) is 29.3 Å². The van der Waals surface area contributed by atoms with E-state index < -0.39 is 6.04 Å². The second-order valence-electron chi connectivity index (χ2n) is 4.33. The highest BCUT2D eigenvalue weighted by molar-refractivity contribution is 6.11. The van der Waals surface area contributed by atoms with Crippen LogP contribution in [0.3, 0.4) is 0 Å². The summed E-state index contributed by atoms with van der Waals surface area (Å²) in [5, 5.41) is 0. The van der Waals surface area contributed by atoms with Crippen molar-refractivity contribution in [1.29, 1.82) is 0 Å². The second-order valence-corrected chi connectivity index (χ2v) is 4.33. The molecule has 2 rings (SSSR count). The van der Waals surface area contributed by atoms with Gasteiger partial charge < -0.3 is 10.6 Å². The largest absolute Gasteiger partial charge is 0.358 e. The molecule has 1 aromatic carbocycles. The highest BCUT2D eigenvalue weighted by atomic mass is 16.1. The van der Waals surface area contributed by atoms with Gasteiger partial charge in [-0.3, -0.25) is 9.79 Å². The zero-order valence-corrected chi connectivity index (χ0v) is 10.2. The molecule has 0 saturated carbocycles. The summed E-state index contributed by atoms with van der Waals surface area (Å²) in [6.07, 6.45) is 0. The molecule has 0 radical (unpaired) electrons. The van der Waals surface area contributed by atoms with E-state index in [1.54, 1.807) is 6.92 Å². The third kappa shape index (κ3) is 2.22. The molecule has 4 nitrogen and oxygen atoms in total. The molecule has 1 aliphatic rings. The van der Waals surface area contributed by atoms with E-state index in [1.807, 2.05) is 31.3 Å². The Kier molecular flexibility index (Phi) is 3.24. The summed E-state index contributed by atoms with van der Waals surface area (Å²) in [5.41, 5.74) is 7.21. The van der Waals surface area contributed by atoms with Gasteiger partial charge in [-0.05, 0) is 6.92 Å². The summed E-state index contributed by atoms with van der Waals surface area (Å²) in [6.45, 7) is 3.39. The van der Waals surface area contributed by atoms with Crippen molar-refractivity contribution in [3.8, 4) is 0 Å². The number of amidine groups is 1. The Morgan fingerprint density at radius 3 is 2.76 bits per heavy atom. The molecule has 1 atom stereocenters. The maximum Gasteiger partial charge on any atom is 0.179 e. The van der Waals surface area contributed by atoms with Gasteiger partial charge in [-0.1, -0.05) is 24.3 Å². The minimum absolute atomic E-state index is 0.0383. The molecule has 1 unspecified atom stereocenters. The van der Waals surface area contributed by atoms with Crippen LogP contribution in [0.4, 0.5) is 0 Å². The zero-order valence-electron chi connectivity index (χ0n) is 10.2. The number of benzene rings is 1. The molecule has 0 bridgehead atoms. The van der Waals surface area contributed by atoms with Crippen LogP contribution in [0, 0.1) is 0 Å². The van der Waals surface area contributed by atoms with Crippen molar-refractivity contribution >= 4 is 11.6 Å². The minimum Gasteiger partial charge on any atom is -0.358 e. The summed E-state index contributed by atoms with van der Waals surface area (Å²) in [7, 11) is 1.99. The Balaban J connectivity index is 2.44. The third-order valence-electron chi connectivity index (χ3n) is 2.91. The molecule has 1 aromatic rings. The number of hydrogen-bond acceptors (Lipinski definition) is 4. The number of nitrogens with two attached hydrogens (primary N) is 1. The molecule has 1 heterocycles. The number of ketones is 1. The molecule has 0 saturated heterocycles. The van der Waals surface area contributed by atoms with Crippen LogP contribution in [-0.2, 0) is 0 Å². The standard InChI is InChI=1S/C13H17N3O/c1-9(14)12(17)10-5-3-4-6-11(10)13-15-7-8-16(13)2/h3-6,9H,7-8,14H2,1-2H3. The van der Waals surface area contributed by atoms with Gasteiger partial charge >= 0.3 is 0 Å².